The fourth-order valence-corrected chi connectivity index (χ4v) is 2.19. The van der Waals surface area contributed by atoms with Gasteiger partial charge in [0, 0.05) is 26.3 Å². The molecule has 1 unspecified atom stereocenters. The van der Waals surface area contributed by atoms with E-state index in [1.807, 2.05) is 14.1 Å². The largest absolute Gasteiger partial charge is 0.388 e. The third-order valence-electron chi connectivity index (χ3n) is 3.68. The molecule has 3 nitrogen and oxygen atoms in total. The van der Waals surface area contributed by atoms with Gasteiger partial charge in [0.15, 0.2) is 0 Å². The first kappa shape index (κ1) is 13.7. The Morgan fingerprint density at radius 3 is 2.63 bits per heavy atom. The zero-order chi connectivity index (χ0) is 13.7. The number of nitrogens with one attached hydrogen (secondary N) is 2. The summed E-state index contributed by atoms with van der Waals surface area (Å²) < 4.78 is 0. The van der Waals surface area contributed by atoms with Crippen LogP contribution in [0.15, 0.2) is 60.0 Å². The van der Waals surface area contributed by atoms with Crippen molar-refractivity contribution >= 4 is 0 Å². The van der Waals surface area contributed by atoms with E-state index in [-0.39, 0.29) is 5.54 Å². The lowest BCUT2D eigenvalue weighted by Gasteiger charge is -2.29. The summed E-state index contributed by atoms with van der Waals surface area (Å²) in [5, 5.41) is 6.57. The van der Waals surface area contributed by atoms with Gasteiger partial charge in [0.2, 0.25) is 0 Å². The lowest BCUT2D eigenvalue weighted by Crippen LogP contribution is -2.40. The fourth-order valence-electron chi connectivity index (χ4n) is 2.19. The van der Waals surface area contributed by atoms with Crippen LogP contribution < -0.4 is 10.6 Å². The number of nitrogens with zero attached hydrogens (tertiary/aromatic N) is 1. The Morgan fingerprint density at radius 1 is 1.26 bits per heavy atom. The topological polar surface area (TPSA) is 27.3 Å². The van der Waals surface area contributed by atoms with Gasteiger partial charge in [0.1, 0.15) is 0 Å². The summed E-state index contributed by atoms with van der Waals surface area (Å²) >= 11 is 0. The molecule has 2 N–H and O–H groups in total. The van der Waals surface area contributed by atoms with Crippen LogP contribution in [0.25, 0.3) is 0 Å². The minimum atomic E-state index is -0.0711. The molecule has 1 aliphatic carbocycles. The maximum Gasteiger partial charge on any atom is 0.0590 e. The smallest absolute Gasteiger partial charge is 0.0590 e. The Bertz CT molecular complexity index is 468. The van der Waals surface area contributed by atoms with Crippen molar-refractivity contribution in [1.82, 2.24) is 15.5 Å². The van der Waals surface area contributed by atoms with Crippen molar-refractivity contribution in [1.29, 1.82) is 0 Å². The Labute approximate surface area is 116 Å². The molecule has 0 aromatic rings. The normalized spacial score (nSPS) is 26.6. The SMILES string of the molecule is CNC1=CCC(C=CC2=CCN(C)C=C2)(NC)C=C1. The molecule has 2 rings (SSSR count). The van der Waals surface area contributed by atoms with Gasteiger partial charge in [-0.3, -0.25) is 0 Å². The van der Waals surface area contributed by atoms with Crippen molar-refractivity contribution < 1.29 is 0 Å². The molecule has 0 fully saturated rings. The Hall–Kier alpha value is -1.74. The molecule has 0 bridgehead atoms. The van der Waals surface area contributed by atoms with Gasteiger partial charge in [-0.05, 0) is 37.4 Å². The summed E-state index contributed by atoms with van der Waals surface area (Å²) in [5.41, 5.74) is 2.38. The Kier molecular flexibility index (Phi) is 4.27. The van der Waals surface area contributed by atoms with E-state index in [2.05, 4.69) is 71.3 Å². The number of hydrogen-bond donors (Lipinski definition) is 2. The highest BCUT2D eigenvalue weighted by molar-refractivity contribution is 5.39. The molecule has 19 heavy (non-hydrogen) atoms. The molecule has 0 radical (unpaired) electrons. The van der Waals surface area contributed by atoms with Crippen molar-refractivity contribution in [3.63, 3.8) is 0 Å². The van der Waals surface area contributed by atoms with Crippen molar-refractivity contribution in [2.24, 2.45) is 0 Å². The van der Waals surface area contributed by atoms with Crippen LogP contribution in [-0.2, 0) is 0 Å². The maximum absolute atomic E-state index is 3.40. The molecule has 0 spiro atoms. The first-order valence-electron chi connectivity index (χ1n) is 6.71. The third kappa shape index (κ3) is 3.38. The average Bonchev–Trinajstić information content (AvgIpc) is 2.47. The highest BCUT2D eigenvalue weighted by atomic mass is 15.1. The number of hydrogen-bond acceptors (Lipinski definition) is 3. The quantitative estimate of drug-likeness (QED) is 0.806. The molecular weight excluding hydrogens is 234 g/mol. The van der Waals surface area contributed by atoms with Crippen LogP contribution in [0.1, 0.15) is 6.42 Å². The van der Waals surface area contributed by atoms with E-state index in [0.717, 1.165) is 13.0 Å². The van der Waals surface area contributed by atoms with E-state index < -0.39 is 0 Å². The minimum absolute atomic E-state index is 0.0711. The van der Waals surface area contributed by atoms with Crippen molar-refractivity contribution in [2.45, 2.75) is 12.0 Å². The summed E-state index contributed by atoms with van der Waals surface area (Å²) in [6, 6.07) is 0. The van der Waals surface area contributed by atoms with Crippen molar-refractivity contribution in [2.75, 3.05) is 27.7 Å². The standard InChI is InChI=1S/C16H23N3/c1-17-15-5-10-16(18-2,11-6-15)9-4-14-7-12-19(3)13-8-14/h4-10,12,17-18H,11,13H2,1-3H3. The first-order chi connectivity index (χ1) is 9.17. The van der Waals surface area contributed by atoms with Gasteiger partial charge < -0.3 is 15.5 Å². The Morgan fingerprint density at radius 2 is 2.11 bits per heavy atom. The van der Waals surface area contributed by atoms with Crippen LogP contribution in [-0.4, -0.2) is 38.1 Å². The summed E-state index contributed by atoms with van der Waals surface area (Å²) in [6.07, 6.45) is 18.5. The fraction of sp³-hybridized carbons (Fsp3) is 0.375. The highest BCUT2D eigenvalue weighted by Gasteiger charge is 2.22. The molecule has 1 aliphatic heterocycles. The molecule has 2 aliphatic rings. The van der Waals surface area contributed by atoms with E-state index >= 15 is 0 Å². The zero-order valence-electron chi connectivity index (χ0n) is 12.0. The van der Waals surface area contributed by atoms with Gasteiger partial charge in [-0.2, -0.15) is 0 Å². The van der Waals surface area contributed by atoms with Gasteiger partial charge in [0.05, 0.1) is 5.54 Å². The molecule has 1 atom stereocenters. The van der Waals surface area contributed by atoms with Crippen molar-refractivity contribution in [3.8, 4) is 0 Å². The summed E-state index contributed by atoms with van der Waals surface area (Å²) in [6.45, 7) is 0.975. The molecule has 0 aromatic heterocycles. The zero-order valence-corrected chi connectivity index (χ0v) is 12.0. The van der Waals surface area contributed by atoms with E-state index in [4.69, 9.17) is 0 Å². The second-order valence-electron chi connectivity index (χ2n) is 5.03. The van der Waals surface area contributed by atoms with Crippen LogP contribution in [0.3, 0.4) is 0 Å². The summed E-state index contributed by atoms with van der Waals surface area (Å²) in [5.74, 6) is 0. The van der Waals surface area contributed by atoms with Crippen molar-refractivity contribution in [3.05, 3.63) is 60.0 Å². The maximum atomic E-state index is 3.40. The van der Waals surface area contributed by atoms with Gasteiger partial charge in [-0.25, -0.2) is 0 Å². The molecule has 0 amide bonds. The number of rotatable bonds is 4. The predicted molar refractivity (Wildman–Crippen MR) is 81.7 cm³/mol. The van der Waals surface area contributed by atoms with Crippen LogP contribution in [0.5, 0.6) is 0 Å². The second-order valence-corrected chi connectivity index (χ2v) is 5.03. The number of allylic oxidation sites excluding steroid dienone is 4. The molecular formula is C16H23N3. The van der Waals surface area contributed by atoms with Gasteiger partial charge in [0.25, 0.3) is 0 Å². The number of likely N-dealkylation sites (N-methyl/N-ethyl adjacent to an activating group) is 3. The first-order valence-corrected chi connectivity index (χ1v) is 6.71. The second kappa shape index (κ2) is 5.93. The van der Waals surface area contributed by atoms with E-state index in [9.17, 15) is 0 Å². The van der Waals surface area contributed by atoms with Crippen LogP contribution >= 0.6 is 0 Å². The third-order valence-corrected chi connectivity index (χ3v) is 3.68. The van der Waals surface area contributed by atoms with Gasteiger partial charge in [-0.1, -0.05) is 30.4 Å². The lowest BCUT2D eigenvalue weighted by atomic mass is 9.89. The molecule has 3 heteroatoms. The van der Waals surface area contributed by atoms with Crippen LogP contribution in [0.2, 0.25) is 0 Å². The lowest BCUT2D eigenvalue weighted by molar-refractivity contribution is 0.502. The van der Waals surface area contributed by atoms with E-state index in [1.54, 1.807) is 0 Å². The molecule has 102 valence electrons. The summed E-state index contributed by atoms with van der Waals surface area (Å²) in [7, 11) is 6.04. The molecule has 0 saturated heterocycles. The Balaban J connectivity index is 2.07. The molecule has 1 heterocycles. The van der Waals surface area contributed by atoms with Crippen LogP contribution in [0, 0.1) is 0 Å². The minimum Gasteiger partial charge on any atom is -0.388 e. The summed E-state index contributed by atoms with van der Waals surface area (Å²) in [4.78, 5) is 2.16. The van der Waals surface area contributed by atoms with Gasteiger partial charge in [-0.15, -0.1) is 0 Å². The van der Waals surface area contributed by atoms with Crippen LogP contribution in [0.4, 0.5) is 0 Å². The molecule has 0 aromatic carbocycles. The van der Waals surface area contributed by atoms with E-state index in [0.29, 0.717) is 0 Å². The molecule has 0 saturated carbocycles. The van der Waals surface area contributed by atoms with E-state index in [1.165, 1.54) is 11.3 Å². The highest BCUT2D eigenvalue weighted by Crippen LogP contribution is 2.22. The monoisotopic (exact) mass is 257 g/mol. The van der Waals surface area contributed by atoms with Gasteiger partial charge >= 0.3 is 0 Å². The predicted octanol–water partition coefficient (Wildman–Crippen LogP) is 1.95. The average molecular weight is 257 g/mol.